The molecule has 33 heavy (non-hydrogen) atoms. The molecule has 2 aromatic carbocycles. The van der Waals surface area contributed by atoms with E-state index in [1.807, 2.05) is 41.8 Å². The zero-order valence-electron chi connectivity index (χ0n) is 17.9. The van der Waals surface area contributed by atoms with Gasteiger partial charge in [-0.1, -0.05) is 18.2 Å². The minimum atomic E-state index is -4.02. The zero-order chi connectivity index (χ0) is 23.4. The molecule has 10 heteroatoms. The highest BCUT2D eigenvalue weighted by molar-refractivity contribution is 7.99. The molecule has 0 fully saturated rings. The van der Waals surface area contributed by atoms with E-state index in [1.165, 1.54) is 23.5 Å². The fourth-order valence-electron chi connectivity index (χ4n) is 4.02. The van der Waals surface area contributed by atoms with Gasteiger partial charge in [-0.3, -0.25) is 10.0 Å². The summed E-state index contributed by atoms with van der Waals surface area (Å²) in [5.41, 5.74) is 2.66. The Kier molecular flexibility index (Phi) is 7.40. The Labute approximate surface area is 201 Å². The van der Waals surface area contributed by atoms with E-state index in [4.69, 9.17) is 4.74 Å². The summed E-state index contributed by atoms with van der Waals surface area (Å²) in [6.07, 6.45) is 0.490. The van der Waals surface area contributed by atoms with Gasteiger partial charge in [0, 0.05) is 28.0 Å². The highest BCUT2D eigenvalue weighted by atomic mass is 32.2. The van der Waals surface area contributed by atoms with Crippen LogP contribution in [0.1, 0.15) is 16.4 Å². The number of nitrogens with zero attached hydrogens (tertiary/aromatic N) is 1. The van der Waals surface area contributed by atoms with Crippen molar-refractivity contribution in [3.05, 3.63) is 76.5 Å². The van der Waals surface area contributed by atoms with Gasteiger partial charge in [-0.05, 0) is 59.8 Å². The third-order valence-electron chi connectivity index (χ3n) is 5.65. The Bertz CT molecular complexity index is 1200. The van der Waals surface area contributed by atoms with Crippen molar-refractivity contribution in [2.75, 3.05) is 19.4 Å². The number of thiophene rings is 1. The maximum absolute atomic E-state index is 13.7. The van der Waals surface area contributed by atoms with Crippen LogP contribution in [0.3, 0.4) is 0 Å². The van der Waals surface area contributed by atoms with Gasteiger partial charge < -0.3 is 4.74 Å². The standard InChI is InChI=1S/C23H24N2O5S3/c1-30-16-7-9-18(10-8-16)33(28,29)25-13-11-21-19(12-14-31-21)20(22(25)23(26)24-27)15-32-17-5-3-2-4-6-17/h2-10,12,14,20,22,27H,11,13,15H2,1H3,(H,24,26). The molecule has 174 valence electrons. The first-order chi connectivity index (χ1) is 16.0. The van der Waals surface area contributed by atoms with E-state index in [9.17, 15) is 18.4 Å². The number of hydroxylamine groups is 1. The van der Waals surface area contributed by atoms with Gasteiger partial charge in [0.1, 0.15) is 11.8 Å². The molecule has 2 unspecified atom stereocenters. The smallest absolute Gasteiger partial charge is 0.262 e. The summed E-state index contributed by atoms with van der Waals surface area (Å²) in [6, 6.07) is 16.7. The first-order valence-corrected chi connectivity index (χ1v) is 13.6. The lowest BCUT2D eigenvalue weighted by molar-refractivity contribution is -0.133. The third kappa shape index (κ3) is 4.95. The summed E-state index contributed by atoms with van der Waals surface area (Å²) >= 11 is 3.11. The van der Waals surface area contributed by atoms with Crippen molar-refractivity contribution in [3.63, 3.8) is 0 Å². The Balaban J connectivity index is 1.75. The molecule has 2 heterocycles. The summed E-state index contributed by atoms with van der Waals surface area (Å²) in [5.74, 6) is -0.182. The second-order valence-corrected chi connectivity index (χ2v) is 11.5. The quantitative estimate of drug-likeness (QED) is 0.289. The fourth-order valence-corrected chi connectivity index (χ4v) is 7.67. The van der Waals surface area contributed by atoms with Crippen molar-refractivity contribution in [1.82, 2.24) is 9.79 Å². The highest BCUT2D eigenvalue weighted by Gasteiger charge is 2.44. The maximum atomic E-state index is 13.7. The molecule has 1 aromatic heterocycles. The van der Waals surface area contributed by atoms with Crippen molar-refractivity contribution in [3.8, 4) is 5.75 Å². The lowest BCUT2D eigenvalue weighted by atomic mass is 9.94. The highest BCUT2D eigenvalue weighted by Crippen LogP contribution is 2.39. The SMILES string of the molecule is COc1ccc(S(=O)(=O)N2CCc3sccc3C(CSc3ccccc3)C2C(=O)NO)cc1. The molecule has 1 aliphatic rings. The van der Waals surface area contributed by atoms with Crippen LogP contribution in [0.25, 0.3) is 0 Å². The molecule has 0 saturated heterocycles. The second kappa shape index (κ2) is 10.3. The van der Waals surface area contributed by atoms with Gasteiger partial charge in [0.25, 0.3) is 5.91 Å². The predicted molar refractivity (Wildman–Crippen MR) is 129 cm³/mol. The van der Waals surface area contributed by atoms with E-state index in [2.05, 4.69) is 0 Å². The number of thioether (sulfide) groups is 1. The Morgan fingerprint density at radius 1 is 1.18 bits per heavy atom. The number of hydrogen-bond acceptors (Lipinski definition) is 7. The van der Waals surface area contributed by atoms with Crippen LogP contribution < -0.4 is 10.2 Å². The number of sulfonamides is 1. The lowest BCUT2D eigenvalue weighted by Gasteiger charge is -2.32. The number of nitrogens with one attached hydrogen (secondary N) is 1. The fraction of sp³-hybridized carbons (Fsp3) is 0.261. The van der Waals surface area contributed by atoms with Gasteiger partial charge in [-0.2, -0.15) is 4.31 Å². The van der Waals surface area contributed by atoms with Gasteiger partial charge in [0.2, 0.25) is 10.0 Å². The number of amides is 1. The number of rotatable bonds is 7. The lowest BCUT2D eigenvalue weighted by Crippen LogP contribution is -2.52. The number of carbonyl (C=O) groups excluding carboxylic acids is 1. The average molecular weight is 505 g/mol. The molecule has 0 spiro atoms. The first-order valence-electron chi connectivity index (χ1n) is 10.3. The van der Waals surface area contributed by atoms with Crippen molar-refractivity contribution < 1.29 is 23.2 Å². The molecule has 1 amide bonds. The van der Waals surface area contributed by atoms with Crippen molar-refractivity contribution in [2.24, 2.45) is 0 Å². The van der Waals surface area contributed by atoms with Crippen LogP contribution in [-0.4, -0.2) is 49.3 Å². The van der Waals surface area contributed by atoms with Crippen molar-refractivity contribution in [2.45, 2.75) is 28.2 Å². The van der Waals surface area contributed by atoms with Crippen LogP contribution in [-0.2, 0) is 21.2 Å². The molecule has 2 atom stereocenters. The third-order valence-corrected chi connectivity index (χ3v) is 9.67. The van der Waals surface area contributed by atoms with Crippen LogP contribution >= 0.6 is 23.1 Å². The average Bonchev–Trinajstić information content (AvgIpc) is 3.25. The van der Waals surface area contributed by atoms with Crippen LogP contribution in [0.4, 0.5) is 0 Å². The van der Waals surface area contributed by atoms with Crippen LogP contribution in [0.5, 0.6) is 5.75 Å². The molecule has 4 rings (SSSR count). The van der Waals surface area contributed by atoms with Gasteiger partial charge in [0.15, 0.2) is 0 Å². The van der Waals surface area contributed by atoms with Crippen molar-refractivity contribution in [1.29, 1.82) is 0 Å². The summed E-state index contributed by atoms with van der Waals surface area (Å²) in [6.45, 7) is 0.131. The summed E-state index contributed by atoms with van der Waals surface area (Å²) in [4.78, 5) is 15.1. The zero-order valence-corrected chi connectivity index (χ0v) is 20.3. The maximum Gasteiger partial charge on any atom is 0.262 e. The van der Waals surface area contributed by atoms with Crippen molar-refractivity contribution >= 4 is 39.0 Å². The molecule has 7 nitrogen and oxygen atoms in total. The molecular weight excluding hydrogens is 480 g/mol. The van der Waals surface area contributed by atoms with E-state index in [0.717, 1.165) is 15.3 Å². The number of benzene rings is 2. The normalized spacial score (nSPS) is 18.8. The molecule has 0 aliphatic carbocycles. The first kappa shape index (κ1) is 23.8. The van der Waals surface area contributed by atoms with Crippen LogP contribution in [0.2, 0.25) is 0 Å². The molecule has 0 saturated carbocycles. The minimum Gasteiger partial charge on any atom is -0.497 e. The van der Waals surface area contributed by atoms with E-state index >= 15 is 0 Å². The minimum absolute atomic E-state index is 0.0683. The van der Waals surface area contributed by atoms with Gasteiger partial charge in [-0.25, -0.2) is 13.9 Å². The van der Waals surface area contributed by atoms with E-state index in [1.54, 1.807) is 40.7 Å². The number of hydrogen-bond donors (Lipinski definition) is 2. The van der Waals surface area contributed by atoms with Crippen LogP contribution in [0.15, 0.2) is 75.8 Å². The van der Waals surface area contributed by atoms with E-state index < -0.39 is 27.9 Å². The number of methoxy groups -OCH3 is 1. The van der Waals surface area contributed by atoms with Gasteiger partial charge >= 0.3 is 0 Å². The molecule has 0 bridgehead atoms. The predicted octanol–water partition coefficient (Wildman–Crippen LogP) is 3.75. The number of carbonyl (C=O) groups is 1. The molecule has 0 radical (unpaired) electrons. The van der Waals surface area contributed by atoms with Gasteiger partial charge in [0.05, 0.1) is 12.0 Å². The monoisotopic (exact) mass is 504 g/mol. The summed E-state index contributed by atoms with van der Waals surface area (Å²) in [7, 11) is -2.52. The Hall–Kier alpha value is -2.37. The summed E-state index contributed by atoms with van der Waals surface area (Å²) < 4.78 is 33.7. The van der Waals surface area contributed by atoms with Crippen LogP contribution in [0, 0.1) is 0 Å². The molecule has 3 aromatic rings. The largest absolute Gasteiger partial charge is 0.497 e. The second-order valence-electron chi connectivity index (χ2n) is 7.49. The molecule has 2 N–H and O–H groups in total. The molecule has 1 aliphatic heterocycles. The number of fused-ring (bicyclic) bond motifs is 1. The Morgan fingerprint density at radius 2 is 1.91 bits per heavy atom. The van der Waals surface area contributed by atoms with E-state index in [0.29, 0.717) is 17.9 Å². The van der Waals surface area contributed by atoms with E-state index in [-0.39, 0.29) is 11.4 Å². The molecular formula is C23H24N2O5S3. The topological polar surface area (TPSA) is 95.9 Å². The number of ether oxygens (including phenoxy) is 1. The summed E-state index contributed by atoms with van der Waals surface area (Å²) in [5, 5.41) is 11.5. The van der Waals surface area contributed by atoms with Gasteiger partial charge in [-0.15, -0.1) is 23.1 Å². The Morgan fingerprint density at radius 3 is 2.58 bits per heavy atom.